The summed E-state index contributed by atoms with van der Waals surface area (Å²) in [6.07, 6.45) is 2.28. The summed E-state index contributed by atoms with van der Waals surface area (Å²) in [5.41, 5.74) is 0. The van der Waals surface area contributed by atoms with E-state index in [1.807, 2.05) is 0 Å². The molecule has 0 spiro atoms. The molecule has 1 rings (SSSR count). The van der Waals surface area contributed by atoms with E-state index in [2.05, 4.69) is 24.1 Å². The van der Waals surface area contributed by atoms with Crippen LogP contribution in [-0.2, 0) is 9.84 Å². The monoisotopic (exact) mass is 276 g/mol. The van der Waals surface area contributed by atoms with Gasteiger partial charge >= 0.3 is 0 Å². The molecule has 5 heteroatoms. The molecule has 1 saturated heterocycles. The second kappa shape index (κ2) is 7.46. The van der Waals surface area contributed by atoms with Crippen molar-refractivity contribution in [3.8, 4) is 0 Å². The third-order valence-electron chi connectivity index (χ3n) is 3.48. The average molecular weight is 276 g/mol. The first-order chi connectivity index (χ1) is 8.43. The Kier molecular flexibility index (Phi) is 6.60. The number of rotatable bonds is 6. The molecule has 0 aliphatic carbocycles. The lowest BCUT2D eigenvalue weighted by Gasteiger charge is -2.25. The van der Waals surface area contributed by atoms with Gasteiger partial charge < -0.3 is 10.2 Å². The predicted molar refractivity (Wildman–Crippen MR) is 76.6 cm³/mol. The highest BCUT2D eigenvalue weighted by Gasteiger charge is 2.19. The Labute approximate surface area is 112 Å². The highest BCUT2D eigenvalue weighted by Crippen LogP contribution is 2.10. The van der Waals surface area contributed by atoms with Crippen molar-refractivity contribution in [2.24, 2.45) is 5.92 Å². The SMILES string of the molecule is CCS(=O)(=O)CCN1CCCNC(CC(C)C)C1. The summed E-state index contributed by atoms with van der Waals surface area (Å²) in [7, 11) is -2.83. The van der Waals surface area contributed by atoms with Crippen molar-refractivity contribution in [1.82, 2.24) is 10.2 Å². The van der Waals surface area contributed by atoms with E-state index in [1.54, 1.807) is 6.92 Å². The van der Waals surface area contributed by atoms with Gasteiger partial charge in [0.1, 0.15) is 0 Å². The fourth-order valence-corrected chi connectivity index (χ4v) is 3.24. The van der Waals surface area contributed by atoms with Crippen molar-refractivity contribution >= 4 is 9.84 Å². The highest BCUT2D eigenvalue weighted by molar-refractivity contribution is 7.91. The first kappa shape index (κ1) is 15.9. The van der Waals surface area contributed by atoms with Crippen LogP contribution in [0.2, 0.25) is 0 Å². The summed E-state index contributed by atoms with van der Waals surface area (Å²) in [5.74, 6) is 1.24. The van der Waals surface area contributed by atoms with Crippen LogP contribution in [0.15, 0.2) is 0 Å². The first-order valence-electron chi connectivity index (χ1n) is 7.09. The lowest BCUT2D eigenvalue weighted by molar-refractivity contribution is 0.268. The van der Waals surface area contributed by atoms with E-state index in [9.17, 15) is 8.42 Å². The zero-order valence-electron chi connectivity index (χ0n) is 12.0. The lowest BCUT2D eigenvalue weighted by Crippen LogP contribution is -2.40. The zero-order chi connectivity index (χ0) is 13.6. The van der Waals surface area contributed by atoms with Gasteiger partial charge in [-0.1, -0.05) is 20.8 Å². The first-order valence-corrected chi connectivity index (χ1v) is 8.91. The van der Waals surface area contributed by atoms with Crippen LogP contribution >= 0.6 is 0 Å². The summed E-state index contributed by atoms with van der Waals surface area (Å²) >= 11 is 0. The second-order valence-electron chi connectivity index (χ2n) is 5.67. The molecule has 108 valence electrons. The second-order valence-corrected chi connectivity index (χ2v) is 8.14. The molecule has 0 bridgehead atoms. The Bertz CT molecular complexity index is 328. The minimum Gasteiger partial charge on any atom is -0.313 e. The number of sulfone groups is 1. The van der Waals surface area contributed by atoms with Crippen LogP contribution in [0, 0.1) is 5.92 Å². The van der Waals surface area contributed by atoms with Gasteiger partial charge in [0, 0.05) is 24.9 Å². The van der Waals surface area contributed by atoms with Crippen molar-refractivity contribution in [2.45, 2.75) is 39.7 Å². The molecule has 1 N–H and O–H groups in total. The number of nitrogens with one attached hydrogen (secondary N) is 1. The van der Waals surface area contributed by atoms with Gasteiger partial charge in [0.15, 0.2) is 9.84 Å². The topological polar surface area (TPSA) is 49.4 Å². The molecule has 1 aliphatic heterocycles. The third-order valence-corrected chi connectivity index (χ3v) is 5.16. The molecule has 0 aromatic rings. The maximum Gasteiger partial charge on any atom is 0.151 e. The summed E-state index contributed by atoms with van der Waals surface area (Å²) in [5, 5.41) is 3.56. The van der Waals surface area contributed by atoms with Crippen molar-refractivity contribution in [1.29, 1.82) is 0 Å². The van der Waals surface area contributed by atoms with Crippen LogP contribution in [0.5, 0.6) is 0 Å². The summed E-state index contributed by atoms with van der Waals surface area (Å²) < 4.78 is 23.1. The summed E-state index contributed by atoms with van der Waals surface area (Å²) in [4.78, 5) is 2.31. The summed E-state index contributed by atoms with van der Waals surface area (Å²) in [6.45, 7) is 9.93. The summed E-state index contributed by atoms with van der Waals surface area (Å²) in [6, 6.07) is 0.511. The van der Waals surface area contributed by atoms with Crippen molar-refractivity contribution < 1.29 is 8.42 Å². The van der Waals surface area contributed by atoms with Crippen LogP contribution in [0.1, 0.15) is 33.6 Å². The van der Waals surface area contributed by atoms with E-state index in [4.69, 9.17) is 0 Å². The standard InChI is InChI=1S/C13H28N2O2S/c1-4-18(16,17)9-8-15-7-5-6-14-13(11-15)10-12(2)3/h12-14H,4-11H2,1-3H3. The van der Waals surface area contributed by atoms with Gasteiger partial charge in [-0.05, 0) is 31.8 Å². The van der Waals surface area contributed by atoms with Crippen molar-refractivity contribution in [2.75, 3.05) is 37.7 Å². The van der Waals surface area contributed by atoms with Crippen LogP contribution in [0.3, 0.4) is 0 Å². The maximum atomic E-state index is 11.5. The van der Waals surface area contributed by atoms with Gasteiger partial charge in [0.05, 0.1) is 5.75 Å². The van der Waals surface area contributed by atoms with Gasteiger partial charge in [0.2, 0.25) is 0 Å². The minimum absolute atomic E-state index is 0.258. The third kappa shape index (κ3) is 6.16. The normalized spacial score (nSPS) is 23.2. The molecule has 1 aliphatic rings. The minimum atomic E-state index is -2.83. The number of nitrogens with zero attached hydrogens (tertiary/aromatic N) is 1. The van der Waals surface area contributed by atoms with Crippen LogP contribution in [-0.4, -0.2) is 57.0 Å². The Morgan fingerprint density at radius 2 is 2.11 bits per heavy atom. The smallest absolute Gasteiger partial charge is 0.151 e. The van der Waals surface area contributed by atoms with Crippen LogP contribution < -0.4 is 5.32 Å². The van der Waals surface area contributed by atoms with Gasteiger partial charge in [-0.2, -0.15) is 0 Å². The molecule has 1 atom stereocenters. The Morgan fingerprint density at radius 3 is 2.72 bits per heavy atom. The van der Waals surface area contributed by atoms with E-state index in [0.717, 1.165) is 32.5 Å². The molecule has 0 aromatic heterocycles. The molecule has 1 unspecified atom stereocenters. The molecule has 0 saturated carbocycles. The Morgan fingerprint density at radius 1 is 1.39 bits per heavy atom. The average Bonchev–Trinajstić information content (AvgIpc) is 2.51. The molecule has 4 nitrogen and oxygen atoms in total. The van der Waals surface area contributed by atoms with E-state index in [0.29, 0.717) is 24.3 Å². The van der Waals surface area contributed by atoms with E-state index in [1.165, 1.54) is 0 Å². The van der Waals surface area contributed by atoms with Gasteiger partial charge in [-0.15, -0.1) is 0 Å². The van der Waals surface area contributed by atoms with Crippen molar-refractivity contribution in [3.63, 3.8) is 0 Å². The maximum absolute atomic E-state index is 11.5. The fourth-order valence-electron chi connectivity index (χ4n) is 2.42. The molecule has 1 fully saturated rings. The predicted octanol–water partition coefficient (Wildman–Crippen LogP) is 1.13. The van der Waals surface area contributed by atoms with E-state index < -0.39 is 9.84 Å². The molecule has 18 heavy (non-hydrogen) atoms. The fraction of sp³-hybridized carbons (Fsp3) is 1.00. The van der Waals surface area contributed by atoms with E-state index >= 15 is 0 Å². The molecule has 1 heterocycles. The van der Waals surface area contributed by atoms with Gasteiger partial charge in [-0.3, -0.25) is 0 Å². The Balaban J connectivity index is 2.44. The number of hydrogen-bond acceptors (Lipinski definition) is 4. The van der Waals surface area contributed by atoms with Crippen LogP contribution in [0.25, 0.3) is 0 Å². The van der Waals surface area contributed by atoms with Crippen molar-refractivity contribution in [3.05, 3.63) is 0 Å². The van der Waals surface area contributed by atoms with E-state index in [-0.39, 0.29) is 5.75 Å². The molecular formula is C13H28N2O2S. The zero-order valence-corrected chi connectivity index (χ0v) is 12.8. The van der Waals surface area contributed by atoms with Gasteiger partial charge in [0.25, 0.3) is 0 Å². The highest BCUT2D eigenvalue weighted by atomic mass is 32.2. The quantitative estimate of drug-likeness (QED) is 0.790. The molecule has 0 radical (unpaired) electrons. The molecule has 0 amide bonds. The largest absolute Gasteiger partial charge is 0.313 e. The van der Waals surface area contributed by atoms with Gasteiger partial charge in [-0.25, -0.2) is 8.42 Å². The lowest BCUT2D eigenvalue weighted by atomic mass is 10.0. The molecular weight excluding hydrogens is 248 g/mol. The number of hydrogen-bond donors (Lipinski definition) is 1. The van der Waals surface area contributed by atoms with Crippen LogP contribution in [0.4, 0.5) is 0 Å². The Hall–Kier alpha value is -0.130. The molecule has 0 aromatic carbocycles.